The Bertz CT molecular complexity index is 596. The summed E-state index contributed by atoms with van der Waals surface area (Å²) in [6, 6.07) is 6.42. The van der Waals surface area contributed by atoms with Crippen LogP contribution >= 0.6 is 12.6 Å². The van der Waals surface area contributed by atoms with Crippen molar-refractivity contribution < 1.29 is 4.92 Å². The number of nitrogens with two attached hydrogens (primary N) is 1. The minimum atomic E-state index is -0.428. The summed E-state index contributed by atoms with van der Waals surface area (Å²) in [6.45, 7) is 1.88. The number of benzene rings is 2. The Labute approximate surface area is 97.6 Å². The molecule has 2 aromatic rings. The number of fused-ring (bicyclic) bond motifs is 1. The third kappa shape index (κ3) is 1.59. The highest BCUT2D eigenvalue weighted by Gasteiger charge is 2.10. The zero-order chi connectivity index (χ0) is 11.9. The predicted octanol–water partition coefficient (Wildman–Crippen LogP) is 2.93. The Hall–Kier alpha value is -1.75. The SMILES string of the molecule is Cc1cc(S)c2cc([N+](=O)[O-])ccc2c1N. The molecular formula is C11H10N2O2S. The number of hydrogen-bond donors (Lipinski definition) is 2. The molecule has 0 saturated heterocycles. The summed E-state index contributed by atoms with van der Waals surface area (Å²) in [5.41, 5.74) is 7.52. The third-order valence-electron chi connectivity index (χ3n) is 2.56. The standard InChI is InChI=1S/C11H10N2O2S/c1-6-4-10(16)9-5-7(13(14)15)2-3-8(9)11(6)12/h2-5,16H,12H2,1H3. The lowest BCUT2D eigenvalue weighted by Crippen LogP contribution is -1.94. The molecule has 0 atom stereocenters. The predicted molar refractivity (Wildman–Crippen MR) is 67.0 cm³/mol. The van der Waals surface area contributed by atoms with Crippen LogP contribution in [0.1, 0.15) is 5.56 Å². The van der Waals surface area contributed by atoms with Crippen molar-refractivity contribution in [3.63, 3.8) is 0 Å². The van der Waals surface area contributed by atoms with Crippen LogP contribution in [0, 0.1) is 17.0 Å². The van der Waals surface area contributed by atoms with Crippen LogP contribution < -0.4 is 5.73 Å². The topological polar surface area (TPSA) is 69.2 Å². The van der Waals surface area contributed by atoms with Crippen LogP contribution in [0.2, 0.25) is 0 Å². The van der Waals surface area contributed by atoms with E-state index < -0.39 is 4.92 Å². The first-order valence-corrected chi connectivity index (χ1v) is 5.11. The lowest BCUT2D eigenvalue weighted by Gasteiger charge is -2.08. The summed E-state index contributed by atoms with van der Waals surface area (Å²) in [4.78, 5) is 10.9. The van der Waals surface area contributed by atoms with Crippen molar-refractivity contribution in [1.29, 1.82) is 0 Å². The van der Waals surface area contributed by atoms with E-state index in [4.69, 9.17) is 5.73 Å². The molecule has 0 radical (unpaired) electrons. The minimum Gasteiger partial charge on any atom is -0.398 e. The summed E-state index contributed by atoms with van der Waals surface area (Å²) >= 11 is 4.30. The number of hydrogen-bond acceptors (Lipinski definition) is 4. The summed E-state index contributed by atoms with van der Waals surface area (Å²) in [7, 11) is 0. The maximum atomic E-state index is 10.7. The van der Waals surface area contributed by atoms with Crippen molar-refractivity contribution in [2.24, 2.45) is 0 Å². The molecule has 0 spiro atoms. The molecule has 0 heterocycles. The zero-order valence-electron chi connectivity index (χ0n) is 8.60. The van der Waals surface area contributed by atoms with Crippen LogP contribution in [0.5, 0.6) is 0 Å². The van der Waals surface area contributed by atoms with Crippen LogP contribution in [0.15, 0.2) is 29.2 Å². The Kier molecular flexibility index (Phi) is 2.47. The molecule has 0 aliphatic rings. The molecule has 0 aromatic heterocycles. The fourth-order valence-electron chi connectivity index (χ4n) is 1.67. The molecular weight excluding hydrogens is 224 g/mol. The first kappa shape index (κ1) is 10.8. The van der Waals surface area contributed by atoms with E-state index in [0.29, 0.717) is 16.0 Å². The Morgan fingerprint density at radius 3 is 2.62 bits per heavy atom. The van der Waals surface area contributed by atoms with E-state index in [1.54, 1.807) is 6.07 Å². The number of nitrogens with zero attached hydrogens (tertiary/aromatic N) is 1. The lowest BCUT2D eigenvalue weighted by atomic mass is 10.0. The number of nitrogen functional groups attached to an aromatic ring is 1. The van der Waals surface area contributed by atoms with Gasteiger partial charge in [-0.25, -0.2) is 0 Å². The van der Waals surface area contributed by atoms with Gasteiger partial charge in [0, 0.05) is 33.5 Å². The maximum Gasteiger partial charge on any atom is 0.270 e. The molecule has 0 amide bonds. The van der Waals surface area contributed by atoms with Gasteiger partial charge in [-0.3, -0.25) is 10.1 Å². The van der Waals surface area contributed by atoms with Gasteiger partial charge < -0.3 is 5.73 Å². The van der Waals surface area contributed by atoms with Crippen LogP contribution in [-0.2, 0) is 0 Å². The van der Waals surface area contributed by atoms with Crippen molar-refractivity contribution in [3.05, 3.63) is 39.9 Å². The quantitative estimate of drug-likeness (QED) is 0.345. The van der Waals surface area contributed by atoms with Crippen molar-refractivity contribution in [2.45, 2.75) is 11.8 Å². The van der Waals surface area contributed by atoms with E-state index in [-0.39, 0.29) is 5.69 Å². The maximum absolute atomic E-state index is 10.7. The number of aryl methyl sites for hydroxylation is 1. The molecule has 0 bridgehead atoms. The number of rotatable bonds is 1. The van der Waals surface area contributed by atoms with Crippen molar-refractivity contribution in [3.8, 4) is 0 Å². The van der Waals surface area contributed by atoms with Gasteiger partial charge in [-0.2, -0.15) is 0 Å². The highest BCUT2D eigenvalue weighted by atomic mass is 32.1. The van der Waals surface area contributed by atoms with Gasteiger partial charge in [0.15, 0.2) is 0 Å². The Morgan fingerprint density at radius 2 is 2.00 bits per heavy atom. The van der Waals surface area contributed by atoms with Gasteiger partial charge in [0.05, 0.1) is 4.92 Å². The lowest BCUT2D eigenvalue weighted by molar-refractivity contribution is -0.384. The largest absolute Gasteiger partial charge is 0.398 e. The smallest absolute Gasteiger partial charge is 0.270 e. The van der Waals surface area contributed by atoms with E-state index in [9.17, 15) is 10.1 Å². The first-order valence-electron chi connectivity index (χ1n) is 4.67. The summed E-state index contributed by atoms with van der Waals surface area (Å²) in [5.74, 6) is 0. The van der Waals surface area contributed by atoms with E-state index in [0.717, 1.165) is 10.9 Å². The molecule has 0 aliphatic heterocycles. The van der Waals surface area contributed by atoms with Crippen LogP contribution in [-0.4, -0.2) is 4.92 Å². The summed E-state index contributed by atoms with van der Waals surface area (Å²) in [5, 5.41) is 12.2. The minimum absolute atomic E-state index is 0.0473. The van der Waals surface area contributed by atoms with Gasteiger partial charge in [-0.05, 0) is 24.6 Å². The van der Waals surface area contributed by atoms with E-state index in [1.165, 1.54) is 12.1 Å². The molecule has 2 rings (SSSR count). The average molecular weight is 234 g/mol. The normalized spacial score (nSPS) is 10.6. The molecule has 2 N–H and O–H groups in total. The van der Waals surface area contributed by atoms with E-state index in [1.807, 2.05) is 13.0 Å². The van der Waals surface area contributed by atoms with Crippen molar-refractivity contribution >= 4 is 34.8 Å². The second-order valence-corrected chi connectivity index (χ2v) is 4.10. The number of thiol groups is 1. The first-order chi connectivity index (χ1) is 7.50. The number of anilines is 1. The van der Waals surface area contributed by atoms with Crippen LogP contribution in [0.25, 0.3) is 10.8 Å². The fourth-order valence-corrected chi connectivity index (χ4v) is 2.04. The second-order valence-electron chi connectivity index (χ2n) is 3.61. The van der Waals surface area contributed by atoms with Gasteiger partial charge in [0.25, 0.3) is 5.69 Å². The molecule has 4 nitrogen and oxygen atoms in total. The van der Waals surface area contributed by atoms with Crippen LogP contribution in [0.4, 0.5) is 11.4 Å². The monoisotopic (exact) mass is 234 g/mol. The molecule has 82 valence electrons. The molecule has 0 saturated carbocycles. The summed E-state index contributed by atoms with van der Waals surface area (Å²) < 4.78 is 0. The Balaban J connectivity index is 2.84. The van der Waals surface area contributed by atoms with Gasteiger partial charge >= 0.3 is 0 Å². The third-order valence-corrected chi connectivity index (χ3v) is 2.93. The molecule has 0 unspecified atom stereocenters. The van der Waals surface area contributed by atoms with Crippen molar-refractivity contribution in [2.75, 3.05) is 5.73 Å². The molecule has 0 fully saturated rings. The Morgan fingerprint density at radius 1 is 1.31 bits per heavy atom. The van der Waals surface area contributed by atoms with Crippen molar-refractivity contribution in [1.82, 2.24) is 0 Å². The molecule has 2 aromatic carbocycles. The van der Waals surface area contributed by atoms with Gasteiger partial charge in [0.2, 0.25) is 0 Å². The van der Waals surface area contributed by atoms with Crippen LogP contribution in [0.3, 0.4) is 0 Å². The van der Waals surface area contributed by atoms with E-state index in [2.05, 4.69) is 12.6 Å². The highest BCUT2D eigenvalue weighted by molar-refractivity contribution is 7.80. The summed E-state index contributed by atoms with van der Waals surface area (Å²) in [6.07, 6.45) is 0. The molecule has 0 aliphatic carbocycles. The van der Waals surface area contributed by atoms with Gasteiger partial charge in [-0.1, -0.05) is 0 Å². The van der Waals surface area contributed by atoms with E-state index >= 15 is 0 Å². The second kappa shape index (κ2) is 3.68. The van der Waals surface area contributed by atoms with Gasteiger partial charge in [0.1, 0.15) is 0 Å². The zero-order valence-corrected chi connectivity index (χ0v) is 9.49. The highest BCUT2D eigenvalue weighted by Crippen LogP contribution is 2.32. The number of nitro groups is 1. The molecule has 5 heteroatoms. The fraction of sp³-hybridized carbons (Fsp3) is 0.0909. The number of nitro benzene ring substituents is 1. The molecule has 16 heavy (non-hydrogen) atoms. The average Bonchev–Trinajstić information content (AvgIpc) is 2.25. The number of non-ortho nitro benzene ring substituents is 1. The van der Waals surface area contributed by atoms with Gasteiger partial charge in [-0.15, -0.1) is 12.6 Å².